The van der Waals surface area contributed by atoms with Gasteiger partial charge in [-0.25, -0.2) is 0 Å². The van der Waals surface area contributed by atoms with Gasteiger partial charge >= 0.3 is 0 Å². The summed E-state index contributed by atoms with van der Waals surface area (Å²) in [6.07, 6.45) is -0.582. The lowest BCUT2D eigenvalue weighted by molar-refractivity contribution is -0.136. The molecule has 0 spiro atoms. The highest BCUT2D eigenvalue weighted by molar-refractivity contribution is 7.81. The molecule has 1 saturated heterocycles. The van der Waals surface area contributed by atoms with Gasteiger partial charge in [0.25, 0.3) is 0 Å². The SMILES string of the molecule is CC(O)C1C(=O)NC1S. The van der Waals surface area contributed by atoms with Gasteiger partial charge in [-0.15, -0.1) is 0 Å². The topological polar surface area (TPSA) is 49.3 Å². The van der Waals surface area contributed by atoms with Gasteiger partial charge in [-0.3, -0.25) is 4.79 Å². The predicted molar refractivity (Wildman–Crippen MR) is 36.1 cm³/mol. The number of nitrogens with one attached hydrogen (secondary N) is 1. The van der Waals surface area contributed by atoms with Crippen LogP contribution in [-0.4, -0.2) is 22.5 Å². The predicted octanol–water partition coefficient (Wildman–Crippen LogP) is -0.631. The lowest BCUT2D eigenvalue weighted by Gasteiger charge is -2.34. The summed E-state index contributed by atoms with van der Waals surface area (Å²) in [5, 5.41) is 11.3. The number of thiol groups is 1. The Bertz CT molecular complexity index is 132. The van der Waals surface area contributed by atoms with Crippen molar-refractivity contribution < 1.29 is 9.90 Å². The third kappa shape index (κ3) is 1.04. The van der Waals surface area contributed by atoms with Crippen molar-refractivity contribution in [3.05, 3.63) is 0 Å². The van der Waals surface area contributed by atoms with Crippen molar-refractivity contribution in [2.45, 2.75) is 18.4 Å². The monoisotopic (exact) mass is 147 g/mol. The second-order valence-corrected chi connectivity index (χ2v) is 2.78. The van der Waals surface area contributed by atoms with Crippen molar-refractivity contribution in [1.82, 2.24) is 5.32 Å². The number of hydrogen-bond donors (Lipinski definition) is 3. The zero-order valence-electron chi connectivity index (χ0n) is 5.03. The molecule has 0 aromatic rings. The van der Waals surface area contributed by atoms with Gasteiger partial charge < -0.3 is 10.4 Å². The Balaban J connectivity index is 2.49. The Morgan fingerprint density at radius 2 is 2.44 bits per heavy atom. The van der Waals surface area contributed by atoms with E-state index >= 15 is 0 Å². The van der Waals surface area contributed by atoms with Crippen LogP contribution in [0.25, 0.3) is 0 Å². The van der Waals surface area contributed by atoms with Crippen molar-refractivity contribution in [2.24, 2.45) is 5.92 Å². The summed E-state index contributed by atoms with van der Waals surface area (Å²) in [7, 11) is 0. The highest BCUT2D eigenvalue weighted by atomic mass is 32.1. The number of rotatable bonds is 1. The Kier molecular flexibility index (Phi) is 1.68. The molecule has 0 aliphatic carbocycles. The summed E-state index contributed by atoms with van der Waals surface area (Å²) in [4.78, 5) is 10.6. The van der Waals surface area contributed by atoms with Gasteiger partial charge in [-0.05, 0) is 6.92 Å². The number of aliphatic hydroxyl groups excluding tert-OH is 1. The molecule has 0 saturated carbocycles. The maximum atomic E-state index is 10.6. The van der Waals surface area contributed by atoms with Gasteiger partial charge in [0.2, 0.25) is 5.91 Å². The van der Waals surface area contributed by atoms with Gasteiger partial charge in [0, 0.05) is 0 Å². The molecule has 1 aliphatic heterocycles. The Labute approximate surface area is 58.9 Å². The van der Waals surface area contributed by atoms with Crippen molar-refractivity contribution >= 4 is 18.5 Å². The fraction of sp³-hybridized carbons (Fsp3) is 0.800. The third-order valence-corrected chi connectivity index (χ3v) is 1.90. The molecule has 0 aromatic heterocycles. The smallest absolute Gasteiger partial charge is 0.229 e. The van der Waals surface area contributed by atoms with E-state index in [0.29, 0.717) is 0 Å². The molecule has 52 valence electrons. The zero-order valence-corrected chi connectivity index (χ0v) is 5.93. The maximum absolute atomic E-state index is 10.6. The average molecular weight is 147 g/mol. The van der Waals surface area contributed by atoms with Crippen LogP contribution in [0.1, 0.15) is 6.92 Å². The summed E-state index contributed by atoms with van der Waals surface area (Å²) in [6.45, 7) is 1.59. The van der Waals surface area contributed by atoms with E-state index in [-0.39, 0.29) is 17.2 Å². The number of β-lactam (4-membered cyclic amide) rings is 1. The van der Waals surface area contributed by atoms with E-state index in [2.05, 4.69) is 17.9 Å². The van der Waals surface area contributed by atoms with E-state index in [1.807, 2.05) is 0 Å². The Morgan fingerprint density at radius 1 is 1.89 bits per heavy atom. The van der Waals surface area contributed by atoms with Crippen LogP contribution in [0.5, 0.6) is 0 Å². The van der Waals surface area contributed by atoms with Gasteiger partial charge in [-0.2, -0.15) is 12.6 Å². The van der Waals surface area contributed by atoms with Crippen LogP contribution >= 0.6 is 12.6 Å². The minimum Gasteiger partial charge on any atom is -0.392 e. The molecule has 3 atom stereocenters. The van der Waals surface area contributed by atoms with Crippen LogP contribution in [0.2, 0.25) is 0 Å². The molecule has 3 unspecified atom stereocenters. The summed E-state index contributed by atoms with van der Waals surface area (Å²) in [6, 6.07) is 0. The molecule has 3 nitrogen and oxygen atoms in total. The molecule has 0 radical (unpaired) electrons. The number of hydrogen-bond acceptors (Lipinski definition) is 3. The van der Waals surface area contributed by atoms with Crippen LogP contribution in [-0.2, 0) is 4.79 Å². The van der Waals surface area contributed by atoms with Gasteiger partial charge in [0.1, 0.15) is 0 Å². The molecular weight excluding hydrogens is 138 g/mol. The minimum absolute atomic E-state index is 0.106. The first-order valence-electron chi connectivity index (χ1n) is 2.79. The first-order chi connectivity index (χ1) is 4.13. The van der Waals surface area contributed by atoms with Crippen molar-refractivity contribution in [3.8, 4) is 0 Å². The van der Waals surface area contributed by atoms with Crippen molar-refractivity contribution in [2.75, 3.05) is 0 Å². The molecule has 0 aromatic carbocycles. The summed E-state index contributed by atoms with van der Waals surface area (Å²) >= 11 is 3.99. The van der Waals surface area contributed by atoms with Gasteiger partial charge in [-0.1, -0.05) is 0 Å². The molecule has 1 heterocycles. The molecule has 1 fully saturated rings. The van der Waals surface area contributed by atoms with E-state index in [4.69, 9.17) is 5.11 Å². The van der Waals surface area contributed by atoms with Crippen LogP contribution in [0.4, 0.5) is 0 Å². The minimum atomic E-state index is -0.582. The van der Waals surface area contributed by atoms with E-state index in [0.717, 1.165) is 0 Å². The van der Waals surface area contributed by atoms with E-state index < -0.39 is 6.10 Å². The van der Waals surface area contributed by atoms with E-state index in [1.54, 1.807) is 6.92 Å². The summed E-state index contributed by atoms with van der Waals surface area (Å²) in [5.41, 5.74) is 0. The maximum Gasteiger partial charge on any atom is 0.229 e. The Morgan fingerprint density at radius 3 is 2.56 bits per heavy atom. The molecule has 1 amide bonds. The van der Waals surface area contributed by atoms with Crippen molar-refractivity contribution in [1.29, 1.82) is 0 Å². The quantitative estimate of drug-likeness (QED) is 0.341. The molecule has 4 heteroatoms. The van der Waals surface area contributed by atoms with E-state index in [9.17, 15) is 4.79 Å². The largest absolute Gasteiger partial charge is 0.392 e. The third-order valence-electron chi connectivity index (χ3n) is 1.45. The van der Waals surface area contributed by atoms with Gasteiger partial charge in [0.15, 0.2) is 0 Å². The lowest BCUT2D eigenvalue weighted by Crippen LogP contribution is -2.59. The second kappa shape index (κ2) is 2.19. The number of aliphatic hydroxyl groups is 1. The molecule has 9 heavy (non-hydrogen) atoms. The van der Waals surface area contributed by atoms with Crippen molar-refractivity contribution in [3.63, 3.8) is 0 Å². The molecule has 2 N–H and O–H groups in total. The van der Waals surface area contributed by atoms with Gasteiger partial charge in [0.05, 0.1) is 17.4 Å². The first-order valence-corrected chi connectivity index (χ1v) is 3.31. The molecule has 1 aliphatic rings. The number of amides is 1. The summed E-state index contributed by atoms with van der Waals surface area (Å²) in [5.74, 6) is -0.418. The number of carbonyl (C=O) groups is 1. The molecule has 0 bridgehead atoms. The fourth-order valence-corrected chi connectivity index (χ4v) is 1.37. The van der Waals surface area contributed by atoms with E-state index in [1.165, 1.54) is 0 Å². The molecular formula is C5H9NO2S. The second-order valence-electron chi connectivity index (χ2n) is 2.22. The summed E-state index contributed by atoms with van der Waals surface area (Å²) < 4.78 is 0. The average Bonchev–Trinajstić information content (AvgIpc) is 1.62. The molecule has 1 rings (SSSR count). The number of carbonyl (C=O) groups excluding carboxylic acids is 1. The van der Waals surface area contributed by atoms with Crippen LogP contribution in [0.3, 0.4) is 0 Å². The van der Waals surface area contributed by atoms with Crippen LogP contribution < -0.4 is 5.32 Å². The highest BCUT2D eigenvalue weighted by Gasteiger charge is 2.39. The Hall–Kier alpha value is -0.220. The fourth-order valence-electron chi connectivity index (χ4n) is 0.862. The lowest BCUT2D eigenvalue weighted by atomic mass is 9.96. The normalized spacial score (nSPS) is 37.0. The van der Waals surface area contributed by atoms with Crippen LogP contribution in [0, 0.1) is 5.92 Å². The zero-order chi connectivity index (χ0) is 7.02. The highest BCUT2D eigenvalue weighted by Crippen LogP contribution is 2.21. The standard InChI is InChI=1S/C5H9NO2S/c1-2(7)3-4(8)6-5(3)9/h2-3,5,7,9H,1H3,(H,6,8). The van der Waals surface area contributed by atoms with Crippen LogP contribution in [0.15, 0.2) is 0 Å². The first kappa shape index (κ1) is 6.89.